The molecule has 23 heavy (non-hydrogen) atoms. The van der Waals surface area contributed by atoms with Crippen molar-refractivity contribution in [1.29, 1.82) is 0 Å². The smallest absolute Gasteiger partial charge is 0.245 e. The first-order chi connectivity index (χ1) is 11.0. The molecule has 1 heterocycles. The normalized spacial score (nSPS) is 21.6. The molecule has 0 spiro atoms. The molecular formula is C17H22N2O4. The van der Waals surface area contributed by atoms with Crippen LogP contribution in [-0.2, 0) is 16.0 Å². The Morgan fingerprint density at radius 3 is 2.39 bits per heavy atom. The van der Waals surface area contributed by atoms with Gasteiger partial charge < -0.3 is 20.5 Å². The lowest BCUT2D eigenvalue weighted by atomic mass is 10.0. The molecule has 0 radical (unpaired) electrons. The second kappa shape index (κ2) is 7.78. The first-order valence-electron chi connectivity index (χ1n) is 7.66. The maximum absolute atomic E-state index is 11.9. The molecule has 2 rings (SSSR count). The summed E-state index contributed by atoms with van der Waals surface area (Å²) in [6.45, 7) is 3.66. The van der Waals surface area contributed by atoms with Gasteiger partial charge in [0.1, 0.15) is 17.8 Å². The van der Waals surface area contributed by atoms with Gasteiger partial charge in [-0.15, -0.1) is 0 Å². The van der Waals surface area contributed by atoms with E-state index in [0.717, 1.165) is 23.3 Å². The predicted octanol–water partition coefficient (Wildman–Crippen LogP) is 0.897. The summed E-state index contributed by atoms with van der Waals surface area (Å²) in [5.41, 5.74) is 2.06. The number of hydrogen-bond acceptors (Lipinski definition) is 4. The first kappa shape index (κ1) is 17.0. The molecule has 2 amide bonds. The van der Waals surface area contributed by atoms with E-state index in [1.54, 1.807) is 6.26 Å². The van der Waals surface area contributed by atoms with E-state index in [-0.39, 0.29) is 11.8 Å². The molecule has 2 atom stereocenters. The minimum absolute atomic E-state index is 0.287. The number of nitrogens with one attached hydrogen (secondary N) is 2. The number of carbonyl (C=O) groups is 2. The molecule has 0 aromatic heterocycles. The highest BCUT2D eigenvalue weighted by molar-refractivity contribution is 5.97. The molecule has 0 aliphatic carbocycles. The number of aliphatic hydroxyl groups is 1. The topological polar surface area (TPSA) is 87.7 Å². The fourth-order valence-corrected chi connectivity index (χ4v) is 2.14. The van der Waals surface area contributed by atoms with E-state index >= 15 is 0 Å². The van der Waals surface area contributed by atoms with Crippen LogP contribution in [0, 0.1) is 0 Å². The molecular weight excluding hydrogens is 296 g/mol. The molecule has 1 fully saturated rings. The first-order valence-corrected chi connectivity index (χ1v) is 7.66. The van der Waals surface area contributed by atoms with Crippen molar-refractivity contribution in [2.24, 2.45) is 0 Å². The number of piperazine rings is 1. The van der Waals surface area contributed by atoms with Gasteiger partial charge in [-0.1, -0.05) is 19.1 Å². The second-order valence-electron chi connectivity index (χ2n) is 5.59. The van der Waals surface area contributed by atoms with Gasteiger partial charge in [0.15, 0.2) is 0 Å². The summed E-state index contributed by atoms with van der Waals surface area (Å²) in [6, 6.07) is 5.90. The summed E-state index contributed by atoms with van der Waals surface area (Å²) in [4.78, 5) is 23.6. The quantitative estimate of drug-likeness (QED) is 0.680. The molecule has 1 aromatic carbocycles. The van der Waals surface area contributed by atoms with Crippen molar-refractivity contribution in [3.63, 3.8) is 0 Å². The van der Waals surface area contributed by atoms with E-state index in [1.807, 2.05) is 31.2 Å². The highest BCUT2D eigenvalue weighted by Crippen LogP contribution is 2.15. The van der Waals surface area contributed by atoms with Crippen molar-refractivity contribution < 1.29 is 19.4 Å². The summed E-state index contributed by atoms with van der Waals surface area (Å²) in [6.07, 6.45) is 3.04. The van der Waals surface area contributed by atoms with Gasteiger partial charge in [-0.3, -0.25) is 9.59 Å². The monoisotopic (exact) mass is 318 g/mol. The molecule has 1 aromatic rings. The highest BCUT2D eigenvalue weighted by atomic mass is 16.5. The Labute approximate surface area is 135 Å². The van der Waals surface area contributed by atoms with Crippen LogP contribution in [0.5, 0.6) is 5.75 Å². The van der Waals surface area contributed by atoms with Crippen LogP contribution in [0.15, 0.2) is 36.1 Å². The Balaban J connectivity index is 1.96. The summed E-state index contributed by atoms with van der Waals surface area (Å²) in [5, 5.41) is 14.1. The third-order valence-electron chi connectivity index (χ3n) is 3.77. The van der Waals surface area contributed by atoms with Crippen molar-refractivity contribution in [3.05, 3.63) is 41.7 Å². The number of benzene rings is 1. The molecule has 1 aliphatic heterocycles. The van der Waals surface area contributed by atoms with Crippen LogP contribution >= 0.6 is 0 Å². The van der Waals surface area contributed by atoms with E-state index in [4.69, 9.17) is 9.84 Å². The van der Waals surface area contributed by atoms with E-state index in [2.05, 4.69) is 17.6 Å². The zero-order chi connectivity index (χ0) is 16.8. The minimum atomic E-state index is -0.858. The molecule has 0 unspecified atom stereocenters. The number of aliphatic hydroxyl groups excluding tert-OH is 1. The third kappa shape index (κ3) is 4.56. The summed E-state index contributed by atoms with van der Waals surface area (Å²) < 4.78 is 5.53. The van der Waals surface area contributed by atoms with Gasteiger partial charge in [-0.25, -0.2) is 0 Å². The maximum atomic E-state index is 11.9. The van der Waals surface area contributed by atoms with Crippen molar-refractivity contribution in [1.82, 2.24) is 10.6 Å². The Hall–Kier alpha value is -2.34. The number of rotatable bonds is 6. The van der Waals surface area contributed by atoms with Crippen molar-refractivity contribution >= 4 is 11.8 Å². The number of hydrogen-bond donors (Lipinski definition) is 3. The predicted molar refractivity (Wildman–Crippen MR) is 85.8 cm³/mol. The fourth-order valence-electron chi connectivity index (χ4n) is 2.14. The van der Waals surface area contributed by atoms with Gasteiger partial charge in [0, 0.05) is 6.42 Å². The number of ether oxygens (including phenoxy) is 1. The standard InChI is InChI=1S/C17H22N2O4/c1-3-11(2)10-23-13-6-4-12(5-7-13)8-14-16(21)19-15(9-20)17(22)18-14/h4-7,10,14-15,20H,3,8-9H2,1-2H3,(H,18,22)(H,19,21)/t14-,15-/m0/s1. The van der Waals surface area contributed by atoms with Crippen LogP contribution in [0.2, 0.25) is 0 Å². The van der Waals surface area contributed by atoms with Gasteiger partial charge in [0.2, 0.25) is 11.8 Å². The van der Waals surface area contributed by atoms with Gasteiger partial charge in [-0.2, -0.15) is 0 Å². The number of carbonyl (C=O) groups excluding carboxylic acids is 2. The molecule has 6 nitrogen and oxygen atoms in total. The zero-order valence-corrected chi connectivity index (χ0v) is 13.3. The second-order valence-corrected chi connectivity index (χ2v) is 5.59. The largest absolute Gasteiger partial charge is 0.465 e. The van der Waals surface area contributed by atoms with Crippen LogP contribution < -0.4 is 15.4 Å². The third-order valence-corrected chi connectivity index (χ3v) is 3.77. The van der Waals surface area contributed by atoms with Crippen LogP contribution in [0.3, 0.4) is 0 Å². The summed E-state index contributed by atoms with van der Waals surface area (Å²) >= 11 is 0. The SMILES string of the molecule is CCC(C)=COc1ccc(C[C@@H]2NC(=O)[C@H](CO)NC2=O)cc1. The van der Waals surface area contributed by atoms with Crippen LogP contribution in [0.1, 0.15) is 25.8 Å². The van der Waals surface area contributed by atoms with E-state index < -0.39 is 18.7 Å². The van der Waals surface area contributed by atoms with Crippen LogP contribution in [0.4, 0.5) is 0 Å². The van der Waals surface area contributed by atoms with Crippen molar-refractivity contribution in [3.8, 4) is 5.75 Å². The van der Waals surface area contributed by atoms with E-state index in [9.17, 15) is 9.59 Å². The van der Waals surface area contributed by atoms with Gasteiger partial charge >= 0.3 is 0 Å². The van der Waals surface area contributed by atoms with Crippen molar-refractivity contribution in [2.45, 2.75) is 38.8 Å². The molecule has 1 aliphatic rings. The zero-order valence-electron chi connectivity index (χ0n) is 13.3. The van der Waals surface area contributed by atoms with Gasteiger partial charge in [-0.05, 0) is 36.6 Å². The Kier molecular flexibility index (Phi) is 5.76. The summed E-state index contributed by atoms with van der Waals surface area (Å²) in [5.74, 6) is 0.0711. The number of allylic oxidation sites excluding steroid dienone is 1. The van der Waals surface area contributed by atoms with Gasteiger partial charge in [0.25, 0.3) is 0 Å². The lowest BCUT2D eigenvalue weighted by Gasteiger charge is -2.28. The van der Waals surface area contributed by atoms with Crippen molar-refractivity contribution in [2.75, 3.05) is 6.61 Å². The molecule has 0 saturated carbocycles. The fraction of sp³-hybridized carbons (Fsp3) is 0.412. The maximum Gasteiger partial charge on any atom is 0.245 e. The average molecular weight is 318 g/mol. The van der Waals surface area contributed by atoms with Crippen LogP contribution in [-0.4, -0.2) is 35.6 Å². The number of amides is 2. The van der Waals surface area contributed by atoms with Gasteiger partial charge in [0.05, 0.1) is 12.9 Å². The minimum Gasteiger partial charge on any atom is -0.465 e. The Morgan fingerprint density at radius 1 is 1.17 bits per heavy atom. The molecule has 124 valence electrons. The Bertz CT molecular complexity index is 595. The lowest BCUT2D eigenvalue weighted by molar-refractivity contribution is -0.137. The molecule has 1 saturated heterocycles. The average Bonchev–Trinajstić information content (AvgIpc) is 2.56. The van der Waals surface area contributed by atoms with E-state index in [1.165, 1.54) is 0 Å². The molecule has 6 heteroatoms. The lowest BCUT2D eigenvalue weighted by Crippen LogP contribution is -2.63. The van der Waals surface area contributed by atoms with E-state index in [0.29, 0.717) is 6.42 Å². The molecule has 3 N–H and O–H groups in total. The molecule has 0 bridgehead atoms. The van der Waals surface area contributed by atoms with Crippen LogP contribution in [0.25, 0.3) is 0 Å². The highest BCUT2D eigenvalue weighted by Gasteiger charge is 2.32. The Morgan fingerprint density at radius 2 is 1.78 bits per heavy atom. The summed E-state index contributed by atoms with van der Waals surface area (Å²) in [7, 11) is 0.